The molecule has 3 aromatic rings. The highest BCUT2D eigenvalue weighted by Gasteiger charge is 2.24. The number of anilines is 1. The van der Waals surface area contributed by atoms with E-state index >= 15 is 0 Å². The number of aryl methyl sites for hydroxylation is 1. The smallest absolute Gasteiger partial charge is 0.288 e. The van der Waals surface area contributed by atoms with E-state index in [2.05, 4.69) is 5.32 Å². The van der Waals surface area contributed by atoms with Gasteiger partial charge in [-0.05, 0) is 68.4 Å². The lowest BCUT2D eigenvalue weighted by molar-refractivity contribution is -0.576. The van der Waals surface area contributed by atoms with Gasteiger partial charge in [0.05, 0.1) is 6.61 Å². The van der Waals surface area contributed by atoms with Crippen LogP contribution in [0.3, 0.4) is 0 Å². The average molecular weight is 410 g/mol. The fraction of sp³-hybridized carbons (Fsp3) is 0.130. The number of hydrogen-bond donors (Lipinski definition) is 2. The maximum absolute atomic E-state index is 13.3. The molecule has 0 aliphatic heterocycles. The van der Waals surface area contributed by atoms with E-state index in [9.17, 15) is 9.50 Å². The SMILES string of the molecule is CCOc1ccc(NC(=S)C(=C(O)c2ccc(F)cc2)[n+]2cccc(C)c2)cc1. The molecule has 0 spiro atoms. The Labute approximate surface area is 174 Å². The summed E-state index contributed by atoms with van der Waals surface area (Å²) < 4.78 is 20.5. The number of hydrogen-bond acceptors (Lipinski definition) is 3. The molecule has 0 aliphatic rings. The van der Waals surface area contributed by atoms with Gasteiger partial charge in [-0.15, -0.1) is 0 Å². The minimum atomic E-state index is -0.374. The van der Waals surface area contributed by atoms with Crippen LogP contribution in [0.5, 0.6) is 5.75 Å². The second kappa shape index (κ2) is 9.30. The Bertz CT molecular complexity index is 1030. The minimum absolute atomic E-state index is 0.0518. The zero-order chi connectivity index (χ0) is 20.8. The lowest BCUT2D eigenvalue weighted by atomic mass is 10.1. The lowest BCUT2D eigenvalue weighted by Crippen LogP contribution is -2.38. The van der Waals surface area contributed by atoms with Crippen molar-refractivity contribution in [1.29, 1.82) is 0 Å². The van der Waals surface area contributed by atoms with Crippen LogP contribution in [-0.4, -0.2) is 16.7 Å². The number of pyridine rings is 1. The van der Waals surface area contributed by atoms with E-state index < -0.39 is 0 Å². The van der Waals surface area contributed by atoms with Crippen LogP contribution in [0.2, 0.25) is 0 Å². The number of halogens is 1. The van der Waals surface area contributed by atoms with E-state index in [1.165, 1.54) is 24.3 Å². The number of nitrogens with zero attached hydrogens (tertiary/aromatic N) is 1. The Hall–Kier alpha value is -3.25. The molecule has 3 rings (SSSR count). The van der Waals surface area contributed by atoms with Crippen molar-refractivity contribution >= 4 is 34.3 Å². The van der Waals surface area contributed by atoms with Gasteiger partial charge in [0.15, 0.2) is 23.1 Å². The van der Waals surface area contributed by atoms with E-state index in [0.717, 1.165) is 17.0 Å². The second-order valence-electron chi connectivity index (χ2n) is 6.40. The highest BCUT2D eigenvalue weighted by atomic mass is 32.1. The summed E-state index contributed by atoms with van der Waals surface area (Å²) in [5.74, 6) is 0.340. The van der Waals surface area contributed by atoms with Gasteiger partial charge in [0, 0.05) is 22.9 Å². The maximum atomic E-state index is 13.3. The highest BCUT2D eigenvalue weighted by molar-refractivity contribution is 7.81. The van der Waals surface area contributed by atoms with Crippen LogP contribution in [-0.2, 0) is 0 Å². The zero-order valence-electron chi connectivity index (χ0n) is 16.2. The fourth-order valence-electron chi connectivity index (χ4n) is 2.82. The van der Waals surface area contributed by atoms with Crippen LogP contribution < -0.4 is 14.6 Å². The summed E-state index contributed by atoms with van der Waals surface area (Å²) >= 11 is 5.61. The van der Waals surface area contributed by atoms with Crippen molar-refractivity contribution in [3.63, 3.8) is 0 Å². The van der Waals surface area contributed by atoms with E-state index in [-0.39, 0.29) is 11.6 Å². The predicted molar refractivity (Wildman–Crippen MR) is 117 cm³/mol. The molecule has 0 saturated heterocycles. The Kier molecular flexibility index (Phi) is 6.57. The molecule has 148 valence electrons. The van der Waals surface area contributed by atoms with Crippen LogP contribution in [0.15, 0.2) is 73.1 Å². The third-order valence-electron chi connectivity index (χ3n) is 4.19. The van der Waals surface area contributed by atoms with Crippen molar-refractivity contribution in [2.75, 3.05) is 11.9 Å². The Balaban J connectivity index is 1.99. The first kappa shape index (κ1) is 20.5. The Morgan fingerprint density at radius 3 is 2.41 bits per heavy atom. The summed E-state index contributed by atoms with van der Waals surface area (Å²) in [6, 6.07) is 16.8. The number of rotatable bonds is 6. The third kappa shape index (κ3) is 5.18. The molecule has 2 aromatic carbocycles. The van der Waals surface area contributed by atoms with Crippen LogP contribution >= 0.6 is 12.2 Å². The van der Waals surface area contributed by atoms with Gasteiger partial charge in [0.1, 0.15) is 11.6 Å². The molecule has 4 nitrogen and oxygen atoms in total. The number of ether oxygens (including phenoxy) is 1. The Morgan fingerprint density at radius 2 is 1.79 bits per heavy atom. The topological polar surface area (TPSA) is 45.4 Å². The van der Waals surface area contributed by atoms with E-state index in [4.69, 9.17) is 17.0 Å². The molecule has 0 saturated carbocycles. The Morgan fingerprint density at radius 1 is 1.10 bits per heavy atom. The predicted octanol–water partition coefficient (Wildman–Crippen LogP) is 5.14. The molecule has 29 heavy (non-hydrogen) atoms. The van der Waals surface area contributed by atoms with Gasteiger partial charge >= 0.3 is 0 Å². The van der Waals surface area contributed by atoms with Crippen molar-refractivity contribution in [3.8, 4) is 5.75 Å². The second-order valence-corrected chi connectivity index (χ2v) is 6.81. The average Bonchev–Trinajstić information content (AvgIpc) is 2.70. The molecule has 0 amide bonds. The summed E-state index contributed by atoms with van der Waals surface area (Å²) in [7, 11) is 0. The first-order chi connectivity index (χ1) is 14.0. The van der Waals surface area contributed by atoms with Gasteiger partial charge in [-0.2, -0.15) is 4.57 Å². The van der Waals surface area contributed by atoms with Gasteiger partial charge in [-0.25, -0.2) is 4.39 Å². The molecule has 0 atom stereocenters. The quantitative estimate of drug-likeness (QED) is 0.256. The lowest BCUT2D eigenvalue weighted by Gasteiger charge is -2.11. The largest absolute Gasteiger partial charge is 0.502 e. The minimum Gasteiger partial charge on any atom is -0.502 e. The molecular weight excluding hydrogens is 387 g/mol. The number of aliphatic hydroxyl groups excluding tert-OH is 1. The summed E-state index contributed by atoms with van der Waals surface area (Å²) in [5.41, 5.74) is 2.62. The van der Waals surface area contributed by atoms with Crippen molar-refractivity contribution in [3.05, 3.63) is 90.0 Å². The molecule has 0 fully saturated rings. The van der Waals surface area contributed by atoms with Crippen molar-refractivity contribution < 1.29 is 18.8 Å². The highest BCUT2D eigenvalue weighted by Crippen LogP contribution is 2.21. The number of aromatic nitrogens is 1. The molecule has 0 radical (unpaired) electrons. The standard InChI is InChI=1S/C23H21FN2O2S/c1-3-28-20-12-10-19(11-13-20)25-23(29)21(26-14-4-5-16(2)15-26)22(27)17-6-8-18(24)9-7-17/h4-15H,3H2,1-2H3,(H-,25,27,29)/p+1. The van der Waals surface area contributed by atoms with Gasteiger partial charge in [-0.1, -0.05) is 12.2 Å². The normalized spacial score (nSPS) is 11.6. The maximum Gasteiger partial charge on any atom is 0.288 e. The van der Waals surface area contributed by atoms with Crippen LogP contribution in [0.25, 0.3) is 11.5 Å². The van der Waals surface area contributed by atoms with Crippen molar-refractivity contribution in [1.82, 2.24) is 0 Å². The van der Waals surface area contributed by atoms with E-state index in [0.29, 0.717) is 22.9 Å². The summed E-state index contributed by atoms with van der Waals surface area (Å²) in [6.45, 7) is 4.47. The van der Waals surface area contributed by atoms with Crippen LogP contribution in [0.4, 0.5) is 10.1 Å². The summed E-state index contributed by atoms with van der Waals surface area (Å²) in [6.07, 6.45) is 3.66. The number of benzene rings is 2. The number of aliphatic hydroxyl groups is 1. The first-order valence-electron chi connectivity index (χ1n) is 9.19. The van der Waals surface area contributed by atoms with Gasteiger partial charge in [0.2, 0.25) is 0 Å². The van der Waals surface area contributed by atoms with Crippen LogP contribution in [0.1, 0.15) is 18.1 Å². The van der Waals surface area contributed by atoms with E-state index in [1.54, 1.807) is 10.8 Å². The summed E-state index contributed by atoms with van der Waals surface area (Å²) in [5, 5.41) is 14.1. The molecule has 0 bridgehead atoms. The van der Waals surface area contributed by atoms with Crippen LogP contribution in [0, 0.1) is 12.7 Å². The molecular formula is C23H22FN2O2S+. The van der Waals surface area contributed by atoms with Gasteiger partial charge in [-0.3, -0.25) is 0 Å². The first-order valence-corrected chi connectivity index (χ1v) is 9.60. The molecule has 1 aromatic heterocycles. The van der Waals surface area contributed by atoms with Crippen molar-refractivity contribution in [2.45, 2.75) is 13.8 Å². The number of nitrogens with one attached hydrogen (secondary N) is 1. The monoisotopic (exact) mass is 409 g/mol. The summed E-state index contributed by atoms with van der Waals surface area (Å²) in [4.78, 5) is 0.326. The van der Waals surface area contributed by atoms with E-state index in [1.807, 2.05) is 56.4 Å². The third-order valence-corrected chi connectivity index (χ3v) is 4.48. The zero-order valence-corrected chi connectivity index (χ0v) is 17.0. The number of thiocarbonyl (C=S) groups is 1. The van der Waals surface area contributed by atoms with Gasteiger partial charge in [0.25, 0.3) is 5.70 Å². The molecule has 2 N–H and O–H groups in total. The van der Waals surface area contributed by atoms with Crippen molar-refractivity contribution in [2.24, 2.45) is 0 Å². The van der Waals surface area contributed by atoms with Gasteiger partial charge < -0.3 is 15.2 Å². The fourth-order valence-corrected chi connectivity index (χ4v) is 3.14. The molecule has 6 heteroatoms. The molecule has 1 heterocycles. The molecule has 0 unspecified atom stereocenters. The molecule has 0 aliphatic carbocycles.